The summed E-state index contributed by atoms with van der Waals surface area (Å²) in [5, 5.41) is 11.0. The number of hydrazine groups is 1. The zero-order valence-corrected chi connectivity index (χ0v) is 9.70. The van der Waals surface area contributed by atoms with E-state index >= 15 is 0 Å². The number of nitro groups is 1. The van der Waals surface area contributed by atoms with Gasteiger partial charge in [-0.2, -0.15) is 4.98 Å². The van der Waals surface area contributed by atoms with Crippen molar-refractivity contribution >= 4 is 17.5 Å². The van der Waals surface area contributed by atoms with Gasteiger partial charge in [-0.25, -0.2) is 10.8 Å². The van der Waals surface area contributed by atoms with E-state index in [1.54, 1.807) is 0 Å². The van der Waals surface area contributed by atoms with Crippen LogP contribution in [0.2, 0.25) is 0 Å². The minimum Gasteiger partial charge on any atom is -0.380 e. The number of hydrogen-bond acceptors (Lipinski definition) is 8. The van der Waals surface area contributed by atoms with Crippen molar-refractivity contribution in [3.63, 3.8) is 0 Å². The molecule has 0 saturated carbocycles. The van der Waals surface area contributed by atoms with Gasteiger partial charge in [-0.15, -0.1) is 0 Å². The normalized spacial score (nSPS) is 16.2. The number of nitrogens with zero attached hydrogens (tertiary/aromatic N) is 4. The van der Waals surface area contributed by atoms with E-state index in [1.165, 1.54) is 0 Å². The fourth-order valence-corrected chi connectivity index (χ4v) is 1.76. The molecule has 2 heterocycles. The largest absolute Gasteiger partial charge is 0.380 e. The number of rotatable bonds is 3. The molecule has 1 aliphatic rings. The number of nitrogens with one attached hydrogen (secondary N) is 1. The van der Waals surface area contributed by atoms with Gasteiger partial charge in [0.2, 0.25) is 11.8 Å². The van der Waals surface area contributed by atoms with E-state index in [4.69, 9.17) is 10.6 Å². The number of anilines is 2. The molecule has 0 amide bonds. The highest BCUT2D eigenvalue weighted by molar-refractivity contribution is 5.58. The first-order valence-electron chi connectivity index (χ1n) is 5.53. The van der Waals surface area contributed by atoms with Gasteiger partial charge in [0.25, 0.3) is 0 Å². The molecule has 0 spiro atoms. The molecule has 0 aromatic carbocycles. The third-order valence-corrected chi connectivity index (χ3v) is 2.60. The molecule has 1 aromatic heterocycles. The Bertz CT molecular complexity index is 432. The van der Waals surface area contributed by atoms with Gasteiger partial charge in [-0.05, 0) is 6.42 Å². The third-order valence-electron chi connectivity index (χ3n) is 2.60. The zero-order chi connectivity index (χ0) is 13.0. The van der Waals surface area contributed by atoms with Gasteiger partial charge in [-0.3, -0.25) is 15.5 Å². The van der Waals surface area contributed by atoms with Crippen molar-refractivity contribution in [2.45, 2.75) is 6.42 Å². The molecule has 1 saturated heterocycles. The second-order valence-electron chi connectivity index (χ2n) is 3.76. The first kappa shape index (κ1) is 12.5. The molecular formula is C9H14N6O3. The fraction of sp³-hybridized carbons (Fsp3) is 0.556. The van der Waals surface area contributed by atoms with Crippen LogP contribution in [0.1, 0.15) is 6.42 Å². The van der Waals surface area contributed by atoms with Gasteiger partial charge >= 0.3 is 5.69 Å². The van der Waals surface area contributed by atoms with E-state index in [-0.39, 0.29) is 17.5 Å². The van der Waals surface area contributed by atoms with Crippen LogP contribution in [0.25, 0.3) is 0 Å². The summed E-state index contributed by atoms with van der Waals surface area (Å²) in [6.45, 7) is 2.38. The average molecular weight is 254 g/mol. The van der Waals surface area contributed by atoms with Gasteiger partial charge in [0.05, 0.1) is 11.5 Å². The number of aromatic nitrogens is 2. The molecule has 0 bridgehead atoms. The van der Waals surface area contributed by atoms with Gasteiger partial charge in [0, 0.05) is 19.7 Å². The standard InChI is InChI=1S/C9H14N6O3/c10-13-9-11-6-7(15(16)17)8(12-9)14-2-1-4-18-5-3-14/h6H,1-5,10H2,(H,11,12,13). The highest BCUT2D eigenvalue weighted by atomic mass is 16.6. The Morgan fingerprint density at radius 3 is 3.06 bits per heavy atom. The van der Waals surface area contributed by atoms with Gasteiger partial charge in [0.15, 0.2) is 0 Å². The maximum Gasteiger partial charge on any atom is 0.329 e. The highest BCUT2D eigenvalue weighted by Gasteiger charge is 2.23. The number of ether oxygens (including phenoxy) is 1. The van der Waals surface area contributed by atoms with Crippen LogP contribution in [0, 0.1) is 10.1 Å². The Kier molecular flexibility index (Phi) is 3.85. The monoisotopic (exact) mass is 254 g/mol. The van der Waals surface area contributed by atoms with Crippen LogP contribution in [0.4, 0.5) is 17.5 Å². The van der Waals surface area contributed by atoms with E-state index < -0.39 is 4.92 Å². The second kappa shape index (κ2) is 5.56. The lowest BCUT2D eigenvalue weighted by Gasteiger charge is -2.20. The van der Waals surface area contributed by atoms with Crippen LogP contribution in [-0.4, -0.2) is 41.2 Å². The predicted molar refractivity (Wildman–Crippen MR) is 64.1 cm³/mol. The maximum atomic E-state index is 11.0. The number of nitrogens with two attached hydrogens (primary N) is 1. The first-order valence-corrected chi connectivity index (χ1v) is 5.53. The van der Waals surface area contributed by atoms with E-state index in [0.29, 0.717) is 26.3 Å². The molecule has 1 fully saturated rings. The van der Waals surface area contributed by atoms with Gasteiger partial charge in [0.1, 0.15) is 6.20 Å². The van der Waals surface area contributed by atoms with E-state index in [2.05, 4.69) is 15.4 Å². The Balaban J connectivity index is 2.35. The van der Waals surface area contributed by atoms with Crippen LogP contribution in [0.3, 0.4) is 0 Å². The molecule has 18 heavy (non-hydrogen) atoms. The molecule has 2 rings (SSSR count). The van der Waals surface area contributed by atoms with Crippen molar-refractivity contribution in [2.24, 2.45) is 5.84 Å². The van der Waals surface area contributed by atoms with E-state index in [1.807, 2.05) is 4.90 Å². The van der Waals surface area contributed by atoms with Gasteiger partial charge < -0.3 is 9.64 Å². The summed E-state index contributed by atoms with van der Waals surface area (Å²) in [4.78, 5) is 20.1. The molecule has 0 radical (unpaired) electrons. The van der Waals surface area contributed by atoms with Crippen molar-refractivity contribution < 1.29 is 9.66 Å². The quantitative estimate of drug-likeness (QED) is 0.436. The van der Waals surface area contributed by atoms with Crippen LogP contribution >= 0.6 is 0 Å². The van der Waals surface area contributed by atoms with Crippen molar-refractivity contribution in [3.8, 4) is 0 Å². The Labute approximate surface area is 103 Å². The van der Waals surface area contributed by atoms with Gasteiger partial charge in [-0.1, -0.05) is 0 Å². The summed E-state index contributed by atoms with van der Waals surface area (Å²) in [5.74, 6) is 5.64. The first-order chi connectivity index (χ1) is 8.72. The maximum absolute atomic E-state index is 11.0. The summed E-state index contributed by atoms with van der Waals surface area (Å²) >= 11 is 0. The third kappa shape index (κ3) is 2.63. The summed E-state index contributed by atoms with van der Waals surface area (Å²) in [7, 11) is 0. The number of nitrogen functional groups attached to an aromatic ring is 1. The predicted octanol–water partition coefficient (Wildman–Crippen LogP) is -0.103. The second-order valence-corrected chi connectivity index (χ2v) is 3.76. The molecule has 1 aliphatic heterocycles. The fourth-order valence-electron chi connectivity index (χ4n) is 1.76. The zero-order valence-electron chi connectivity index (χ0n) is 9.70. The lowest BCUT2D eigenvalue weighted by molar-refractivity contribution is -0.384. The molecule has 98 valence electrons. The van der Waals surface area contributed by atoms with Crippen molar-refractivity contribution in [1.29, 1.82) is 0 Å². The molecule has 0 aliphatic carbocycles. The lowest BCUT2D eigenvalue weighted by atomic mass is 10.3. The van der Waals surface area contributed by atoms with Crippen molar-refractivity contribution in [1.82, 2.24) is 9.97 Å². The summed E-state index contributed by atoms with van der Waals surface area (Å²) < 4.78 is 5.31. The molecule has 9 heteroatoms. The molecule has 1 aromatic rings. The summed E-state index contributed by atoms with van der Waals surface area (Å²) in [5.41, 5.74) is 2.16. The van der Waals surface area contributed by atoms with Crippen molar-refractivity contribution in [2.75, 3.05) is 36.6 Å². The topological polar surface area (TPSA) is 119 Å². The van der Waals surface area contributed by atoms with E-state index in [0.717, 1.165) is 12.6 Å². The minimum absolute atomic E-state index is 0.129. The smallest absolute Gasteiger partial charge is 0.329 e. The molecule has 0 atom stereocenters. The van der Waals surface area contributed by atoms with Crippen LogP contribution in [-0.2, 0) is 4.74 Å². The SMILES string of the molecule is NNc1ncc([N+](=O)[O-])c(N2CCCOCC2)n1. The number of hydrogen-bond donors (Lipinski definition) is 2. The lowest BCUT2D eigenvalue weighted by Crippen LogP contribution is -2.28. The molecule has 0 unspecified atom stereocenters. The minimum atomic E-state index is -0.499. The van der Waals surface area contributed by atoms with E-state index in [9.17, 15) is 10.1 Å². The Morgan fingerprint density at radius 2 is 2.33 bits per heavy atom. The van der Waals surface area contributed by atoms with Crippen LogP contribution < -0.4 is 16.2 Å². The van der Waals surface area contributed by atoms with Crippen LogP contribution in [0.15, 0.2) is 6.20 Å². The Hall–Kier alpha value is -2.00. The average Bonchev–Trinajstić information content (AvgIpc) is 2.66. The summed E-state index contributed by atoms with van der Waals surface area (Å²) in [6, 6.07) is 0. The molecule has 9 nitrogen and oxygen atoms in total. The van der Waals surface area contributed by atoms with Crippen molar-refractivity contribution in [3.05, 3.63) is 16.3 Å². The van der Waals surface area contributed by atoms with Crippen LogP contribution in [0.5, 0.6) is 0 Å². The molecule has 3 N–H and O–H groups in total. The summed E-state index contributed by atoms with van der Waals surface area (Å²) in [6.07, 6.45) is 1.95. The highest BCUT2D eigenvalue weighted by Crippen LogP contribution is 2.26. The molecular weight excluding hydrogens is 240 g/mol. The Morgan fingerprint density at radius 1 is 1.50 bits per heavy atom.